The fourth-order valence-electron chi connectivity index (χ4n) is 4.23. The van der Waals surface area contributed by atoms with Gasteiger partial charge in [0.1, 0.15) is 11.3 Å². The van der Waals surface area contributed by atoms with Gasteiger partial charge in [0.15, 0.2) is 0 Å². The van der Waals surface area contributed by atoms with Crippen molar-refractivity contribution in [2.45, 2.75) is 20.3 Å². The van der Waals surface area contributed by atoms with Crippen LogP contribution in [-0.4, -0.2) is 4.57 Å². The number of aromatic nitrogens is 1. The highest BCUT2D eigenvalue weighted by atomic mass is 35.5. The van der Waals surface area contributed by atoms with Crippen molar-refractivity contribution >= 4 is 62.1 Å². The highest BCUT2D eigenvalue weighted by Crippen LogP contribution is 2.40. The maximum Gasteiger partial charge on any atom is 0.144 e. The van der Waals surface area contributed by atoms with Crippen molar-refractivity contribution in [3.63, 3.8) is 0 Å². The molecule has 0 radical (unpaired) electrons. The van der Waals surface area contributed by atoms with Crippen molar-refractivity contribution < 1.29 is 4.42 Å². The van der Waals surface area contributed by atoms with Crippen LogP contribution in [0.15, 0.2) is 65.1 Å². The van der Waals surface area contributed by atoms with E-state index in [0.717, 1.165) is 56.2 Å². The van der Waals surface area contributed by atoms with E-state index in [0.29, 0.717) is 10.0 Å². The zero-order chi connectivity index (χ0) is 20.1. The third-order valence-electron chi connectivity index (χ3n) is 5.37. The molecule has 5 aromatic rings. The largest absolute Gasteiger partial charge is 0.460 e. The molecule has 0 N–H and O–H groups in total. The lowest BCUT2D eigenvalue weighted by molar-refractivity contribution is 0.558. The van der Waals surface area contributed by atoms with E-state index in [1.807, 2.05) is 25.1 Å². The number of para-hydroxylation sites is 1. The Hall–Kier alpha value is -2.68. The summed E-state index contributed by atoms with van der Waals surface area (Å²) < 4.78 is 8.60. The van der Waals surface area contributed by atoms with Gasteiger partial charge in [-0.2, -0.15) is 0 Å². The van der Waals surface area contributed by atoms with Crippen LogP contribution in [0.4, 0.5) is 0 Å². The second-order valence-electron chi connectivity index (χ2n) is 7.11. The van der Waals surface area contributed by atoms with Crippen molar-refractivity contribution in [3.8, 4) is 5.69 Å². The SMILES string of the molecule is C/C=C\c1c(CC)oc2c1ccc1c2c2ccccc2n1-c1cc(Cl)cc(Cl)c1. The molecule has 5 rings (SSSR count). The lowest BCUT2D eigenvalue weighted by atomic mass is 10.1. The molecule has 2 heterocycles. The Morgan fingerprint density at radius 3 is 2.41 bits per heavy atom. The molecule has 0 spiro atoms. The highest BCUT2D eigenvalue weighted by Gasteiger charge is 2.19. The molecule has 0 atom stereocenters. The van der Waals surface area contributed by atoms with Crippen molar-refractivity contribution in [1.29, 1.82) is 0 Å². The number of hydrogen-bond donors (Lipinski definition) is 0. The maximum atomic E-state index is 6.40. The first-order chi connectivity index (χ1) is 14.1. The van der Waals surface area contributed by atoms with Crippen LogP contribution in [0.1, 0.15) is 25.2 Å². The quantitative estimate of drug-likeness (QED) is 0.286. The number of aryl methyl sites for hydroxylation is 1. The number of benzene rings is 3. The van der Waals surface area contributed by atoms with Crippen molar-refractivity contribution in [3.05, 3.63) is 82.0 Å². The number of hydrogen-bond acceptors (Lipinski definition) is 1. The number of fused-ring (bicyclic) bond motifs is 5. The van der Waals surface area contributed by atoms with Crippen molar-refractivity contribution in [2.24, 2.45) is 0 Å². The van der Waals surface area contributed by atoms with E-state index >= 15 is 0 Å². The van der Waals surface area contributed by atoms with Gasteiger partial charge in [0, 0.05) is 38.5 Å². The minimum absolute atomic E-state index is 0.612. The van der Waals surface area contributed by atoms with Gasteiger partial charge in [-0.25, -0.2) is 0 Å². The molecule has 0 aliphatic carbocycles. The van der Waals surface area contributed by atoms with E-state index in [1.54, 1.807) is 6.07 Å². The zero-order valence-corrected chi connectivity index (χ0v) is 17.7. The molecule has 0 fully saturated rings. The molecule has 3 aromatic carbocycles. The normalized spacial score (nSPS) is 12.1. The minimum Gasteiger partial charge on any atom is -0.460 e. The van der Waals surface area contributed by atoms with Gasteiger partial charge < -0.3 is 8.98 Å². The monoisotopic (exact) mass is 419 g/mol. The molecule has 0 saturated heterocycles. The average molecular weight is 420 g/mol. The maximum absolute atomic E-state index is 6.40. The van der Waals surface area contributed by atoms with Crippen LogP contribution in [-0.2, 0) is 6.42 Å². The molecule has 0 amide bonds. The Morgan fingerprint density at radius 1 is 0.931 bits per heavy atom. The number of allylic oxidation sites excluding steroid dienone is 1. The molecule has 2 nitrogen and oxygen atoms in total. The Bertz CT molecular complexity index is 1400. The second kappa shape index (κ2) is 6.98. The summed E-state index contributed by atoms with van der Waals surface area (Å²) in [7, 11) is 0. The zero-order valence-electron chi connectivity index (χ0n) is 16.2. The standard InChI is InChI=1S/C25H19Cl2NO/c1-3-7-18-19-10-11-22-24(25(19)29-23(18)4-2)20-8-5-6-9-21(20)28(22)17-13-15(26)12-16(27)14-17/h3,5-14H,4H2,1-2H3/b7-3-. The van der Waals surface area contributed by atoms with E-state index in [2.05, 4.69) is 54.0 Å². The first-order valence-electron chi connectivity index (χ1n) is 9.69. The Balaban J connectivity index is 1.98. The van der Waals surface area contributed by atoms with Crippen LogP contribution in [0, 0.1) is 0 Å². The fourth-order valence-corrected chi connectivity index (χ4v) is 4.75. The highest BCUT2D eigenvalue weighted by molar-refractivity contribution is 6.35. The molecular weight excluding hydrogens is 401 g/mol. The summed E-state index contributed by atoms with van der Waals surface area (Å²) in [6.07, 6.45) is 5.04. The summed E-state index contributed by atoms with van der Waals surface area (Å²) in [6.45, 7) is 4.16. The molecule has 0 saturated carbocycles. The van der Waals surface area contributed by atoms with Gasteiger partial charge >= 0.3 is 0 Å². The Morgan fingerprint density at radius 2 is 1.69 bits per heavy atom. The minimum atomic E-state index is 0.612. The number of halogens is 2. The summed E-state index contributed by atoms with van der Waals surface area (Å²) in [4.78, 5) is 0. The topological polar surface area (TPSA) is 18.1 Å². The van der Waals surface area contributed by atoms with Gasteiger partial charge in [-0.3, -0.25) is 0 Å². The summed E-state index contributed by atoms with van der Waals surface area (Å²) in [5.74, 6) is 1.01. The summed E-state index contributed by atoms with van der Waals surface area (Å²) in [6, 6.07) is 18.3. The van der Waals surface area contributed by atoms with Crippen molar-refractivity contribution in [1.82, 2.24) is 4.57 Å². The lowest BCUT2D eigenvalue weighted by Crippen LogP contribution is -1.93. The smallest absolute Gasteiger partial charge is 0.144 e. The molecule has 0 aliphatic rings. The fraction of sp³-hybridized carbons (Fsp3) is 0.120. The predicted octanol–water partition coefficient (Wildman–Crippen LogP) is 8.43. The van der Waals surface area contributed by atoms with Crippen LogP contribution in [0.3, 0.4) is 0 Å². The molecular formula is C25H19Cl2NO. The van der Waals surface area contributed by atoms with E-state index in [9.17, 15) is 0 Å². The van der Waals surface area contributed by atoms with Crippen molar-refractivity contribution in [2.75, 3.05) is 0 Å². The summed E-state index contributed by atoms with van der Waals surface area (Å²) >= 11 is 12.6. The van der Waals surface area contributed by atoms with E-state index in [-0.39, 0.29) is 0 Å². The van der Waals surface area contributed by atoms with E-state index in [1.165, 1.54) is 0 Å². The lowest BCUT2D eigenvalue weighted by Gasteiger charge is -2.09. The number of furan rings is 1. The first kappa shape index (κ1) is 18.4. The third kappa shape index (κ3) is 2.78. The predicted molar refractivity (Wildman–Crippen MR) is 125 cm³/mol. The number of rotatable bonds is 3. The van der Waals surface area contributed by atoms with Crippen LogP contribution >= 0.6 is 23.2 Å². The first-order valence-corrected chi connectivity index (χ1v) is 10.4. The summed E-state index contributed by atoms with van der Waals surface area (Å²) in [5.41, 5.74) is 5.19. The number of nitrogens with zero attached hydrogens (tertiary/aromatic N) is 1. The average Bonchev–Trinajstić information content (AvgIpc) is 3.23. The van der Waals surface area contributed by atoms with Gasteiger partial charge in [-0.15, -0.1) is 0 Å². The molecule has 4 heteroatoms. The Labute approximate surface area is 178 Å². The molecule has 0 aliphatic heterocycles. The van der Waals surface area contributed by atoms with E-state index in [4.69, 9.17) is 27.6 Å². The van der Waals surface area contributed by atoms with Crippen LogP contribution in [0.5, 0.6) is 0 Å². The molecule has 0 unspecified atom stereocenters. The van der Waals surface area contributed by atoms with Gasteiger partial charge in [-0.05, 0) is 43.3 Å². The second-order valence-corrected chi connectivity index (χ2v) is 7.98. The molecule has 0 bridgehead atoms. The Kier molecular flexibility index (Phi) is 4.42. The van der Waals surface area contributed by atoms with Gasteiger partial charge in [0.25, 0.3) is 0 Å². The van der Waals surface area contributed by atoms with Gasteiger partial charge in [0.05, 0.1) is 16.4 Å². The van der Waals surface area contributed by atoms with Gasteiger partial charge in [0.2, 0.25) is 0 Å². The third-order valence-corrected chi connectivity index (χ3v) is 5.80. The van der Waals surface area contributed by atoms with Gasteiger partial charge in [-0.1, -0.05) is 60.5 Å². The van der Waals surface area contributed by atoms with Crippen LogP contribution in [0.25, 0.3) is 44.5 Å². The van der Waals surface area contributed by atoms with Crippen LogP contribution in [0.2, 0.25) is 10.0 Å². The summed E-state index contributed by atoms with van der Waals surface area (Å²) in [5, 5.41) is 4.62. The molecule has 29 heavy (non-hydrogen) atoms. The van der Waals surface area contributed by atoms with E-state index < -0.39 is 0 Å². The molecule has 144 valence electrons. The molecule has 2 aromatic heterocycles. The van der Waals surface area contributed by atoms with Crippen LogP contribution < -0.4 is 0 Å².